The Kier molecular flexibility index (Phi) is 8.33. The highest BCUT2D eigenvalue weighted by atomic mass is 35.5. The molecule has 0 aliphatic heterocycles. The van der Waals surface area contributed by atoms with Crippen molar-refractivity contribution in [1.29, 1.82) is 0 Å². The Morgan fingerprint density at radius 3 is 2.73 bits per heavy atom. The predicted molar refractivity (Wildman–Crippen MR) is 123 cm³/mol. The molecule has 0 atom stereocenters. The first-order chi connectivity index (χ1) is 14.3. The molecule has 0 bridgehead atoms. The monoisotopic (exact) mass is 461 g/mol. The zero-order chi connectivity index (χ0) is 19.9. The van der Waals surface area contributed by atoms with Crippen LogP contribution in [0.15, 0.2) is 76.3 Å². The highest BCUT2D eigenvalue weighted by molar-refractivity contribution is 7.99. The number of nitrogens with one attached hydrogen (secondary N) is 1. The molecule has 9 heteroatoms. The van der Waals surface area contributed by atoms with Crippen molar-refractivity contribution in [2.75, 3.05) is 12.3 Å². The molecular weight excluding hydrogens is 441 g/mol. The lowest BCUT2D eigenvalue weighted by atomic mass is 10.2. The number of para-hydroxylation sites is 1. The number of tetrazole rings is 1. The van der Waals surface area contributed by atoms with E-state index in [-0.39, 0.29) is 12.4 Å². The zero-order valence-electron chi connectivity index (χ0n) is 16.1. The van der Waals surface area contributed by atoms with E-state index in [4.69, 9.17) is 16.0 Å². The van der Waals surface area contributed by atoms with Gasteiger partial charge in [0.05, 0.1) is 12.2 Å². The summed E-state index contributed by atoms with van der Waals surface area (Å²) in [6, 6.07) is 21.5. The number of thioether (sulfide) groups is 1. The van der Waals surface area contributed by atoms with E-state index < -0.39 is 0 Å². The summed E-state index contributed by atoms with van der Waals surface area (Å²) in [5.74, 6) is 2.65. The van der Waals surface area contributed by atoms with E-state index in [2.05, 4.69) is 20.8 Å². The fraction of sp³-hybridized carbons (Fsp3) is 0.190. The number of rotatable bonds is 9. The predicted octanol–water partition coefficient (Wildman–Crippen LogP) is 5.27. The minimum absolute atomic E-state index is 0. The topological polar surface area (TPSA) is 68.8 Å². The lowest BCUT2D eigenvalue weighted by Gasteiger charge is -2.05. The molecule has 0 radical (unpaired) electrons. The quantitative estimate of drug-likeness (QED) is 0.270. The lowest BCUT2D eigenvalue weighted by molar-refractivity contribution is 0.494. The second-order valence-electron chi connectivity index (χ2n) is 6.36. The molecule has 0 unspecified atom stereocenters. The van der Waals surface area contributed by atoms with Crippen LogP contribution in [-0.4, -0.2) is 32.5 Å². The second kappa shape index (κ2) is 11.2. The van der Waals surface area contributed by atoms with Gasteiger partial charge in [-0.15, -0.1) is 17.5 Å². The average molecular weight is 462 g/mol. The Bertz CT molecular complexity index is 1050. The molecular formula is C21H21Cl2N5OS. The largest absolute Gasteiger partial charge is 0.460 e. The minimum Gasteiger partial charge on any atom is -0.460 e. The van der Waals surface area contributed by atoms with Crippen molar-refractivity contribution in [2.45, 2.75) is 18.1 Å². The van der Waals surface area contributed by atoms with Crippen molar-refractivity contribution in [3.63, 3.8) is 0 Å². The van der Waals surface area contributed by atoms with Gasteiger partial charge in [-0.25, -0.2) is 0 Å². The first-order valence-corrected chi connectivity index (χ1v) is 10.7. The van der Waals surface area contributed by atoms with Crippen molar-refractivity contribution in [2.24, 2.45) is 0 Å². The van der Waals surface area contributed by atoms with Gasteiger partial charge >= 0.3 is 0 Å². The maximum atomic E-state index is 6.05. The molecule has 0 saturated carbocycles. The maximum Gasteiger partial charge on any atom is 0.214 e. The molecule has 0 amide bonds. The molecule has 156 valence electrons. The number of furan rings is 1. The van der Waals surface area contributed by atoms with E-state index in [1.807, 2.05) is 66.7 Å². The molecule has 0 aliphatic rings. The number of benzene rings is 2. The molecule has 0 aliphatic carbocycles. The molecule has 30 heavy (non-hydrogen) atoms. The van der Waals surface area contributed by atoms with Crippen LogP contribution >= 0.6 is 35.8 Å². The normalized spacial score (nSPS) is 10.7. The Morgan fingerprint density at radius 2 is 1.90 bits per heavy atom. The summed E-state index contributed by atoms with van der Waals surface area (Å²) < 4.78 is 7.66. The second-order valence-corrected chi connectivity index (χ2v) is 7.86. The maximum absolute atomic E-state index is 6.05. The fourth-order valence-electron chi connectivity index (χ4n) is 2.84. The summed E-state index contributed by atoms with van der Waals surface area (Å²) in [6.07, 6.45) is 0.994. The standard InChI is InChI=1S/C21H20ClN5OS.ClH/c22-17-7-4-6-16(14-17)20-11-10-19(28-20)15-23-12-5-13-29-21-24-25-26-27(21)18-8-2-1-3-9-18;/h1-4,6-11,14,23H,5,12-13,15H2;1H. The molecule has 1 N–H and O–H groups in total. The van der Waals surface area contributed by atoms with Gasteiger partial charge in [0.25, 0.3) is 0 Å². The molecule has 6 nitrogen and oxygen atoms in total. The molecule has 0 spiro atoms. The van der Waals surface area contributed by atoms with Gasteiger partial charge < -0.3 is 9.73 Å². The molecule has 2 heterocycles. The van der Waals surface area contributed by atoms with E-state index >= 15 is 0 Å². The highest BCUT2D eigenvalue weighted by Crippen LogP contribution is 2.24. The van der Waals surface area contributed by atoms with Gasteiger partial charge in [-0.05, 0) is 59.8 Å². The van der Waals surface area contributed by atoms with Crippen molar-refractivity contribution < 1.29 is 4.42 Å². The van der Waals surface area contributed by atoms with Crippen LogP contribution in [0, 0.1) is 0 Å². The van der Waals surface area contributed by atoms with E-state index in [1.54, 1.807) is 16.4 Å². The molecule has 0 saturated heterocycles. The van der Waals surface area contributed by atoms with Crippen LogP contribution in [0.25, 0.3) is 17.0 Å². The van der Waals surface area contributed by atoms with Crippen LogP contribution in [0.5, 0.6) is 0 Å². The van der Waals surface area contributed by atoms with Gasteiger partial charge in [0, 0.05) is 16.3 Å². The fourth-order valence-corrected chi connectivity index (χ4v) is 3.86. The molecule has 2 aromatic carbocycles. The smallest absolute Gasteiger partial charge is 0.214 e. The van der Waals surface area contributed by atoms with Gasteiger partial charge in [0.15, 0.2) is 0 Å². The number of nitrogens with zero attached hydrogens (tertiary/aromatic N) is 4. The summed E-state index contributed by atoms with van der Waals surface area (Å²) in [5, 5.41) is 16.9. The van der Waals surface area contributed by atoms with Gasteiger partial charge in [0.1, 0.15) is 11.5 Å². The van der Waals surface area contributed by atoms with E-state index in [1.165, 1.54) is 0 Å². The first kappa shape index (κ1) is 22.4. The van der Waals surface area contributed by atoms with Crippen LogP contribution in [0.1, 0.15) is 12.2 Å². The molecule has 0 fully saturated rings. The highest BCUT2D eigenvalue weighted by Gasteiger charge is 2.08. The van der Waals surface area contributed by atoms with Crippen molar-refractivity contribution in [3.05, 3.63) is 77.5 Å². The van der Waals surface area contributed by atoms with Gasteiger partial charge in [-0.2, -0.15) is 4.68 Å². The van der Waals surface area contributed by atoms with Gasteiger partial charge in [0.2, 0.25) is 5.16 Å². The molecule has 4 rings (SSSR count). The van der Waals surface area contributed by atoms with Crippen LogP contribution in [0.2, 0.25) is 5.02 Å². The van der Waals surface area contributed by atoms with Crippen LogP contribution in [0.3, 0.4) is 0 Å². The zero-order valence-corrected chi connectivity index (χ0v) is 18.5. The van der Waals surface area contributed by atoms with E-state index in [0.29, 0.717) is 11.6 Å². The third-order valence-electron chi connectivity index (χ3n) is 4.24. The number of halogens is 2. The Hall–Kier alpha value is -2.32. The third-order valence-corrected chi connectivity index (χ3v) is 5.48. The van der Waals surface area contributed by atoms with Gasteiger partial charge in [-0.1, -0.05) is 53.7 Å². The van der Waals surface area contributed by atoms with Gasteiger partial charge in [-0.3, -0.25) is 0 Å². The SMILES string of the molecule is Cl.Clc1cccc(-c2ccc(CNCCCSc3nnnn3-c3ccccc3)o2)c1. The molecule has 4 aromatic rings. The lowest BCUT2D eigenvalue weighted by Crippen LogP contribution is -2.14. The summed E-state index contributed by atoms with van der Waals surface area (Å²) in [5.41, 5.74) is 1.95. The van der Waals surface area contributed by atoms with Crippen LogP contribution in [0.4, 0.5) is 0 Å². The van der Waals surface area contributed by atoms with E-state index in [9.17, 15) is 0 Å². The summed E-state index contributed by atoms with van der Waals surface area (Å²) in [6.45, 7) is 1.57. The van der Waals surface area contributed by atoms with Crippen LogP contribution < -0.4 is 5.32 Å². The first-order valence-electron chi connectivity index (χ1n) is 9.31. The van der Waals surface area contributed by atoms with Crippen LogP contribution in [-0.2, 0) is 6.54 Å². The summed E-state index contributed by atoms with van der Waals surface area (Å²) >= 11 is 7.69. The average Bonchev–Trinajstić information content (AvgIpc) is 3.41. The summed E-state index contributed by atoms with van der Waals surface area (Å²) in [7, 11) is 0. The van der Waals surface area contributed by atoms with Crippen molar-refractivity contribution >= 4 is 35.8 Å². The Labute approximate surface area is 190 Å². The molecule has 2 aromatic heterocycles. The number of aromatic nitrogens is 4. The Morgan fingerprint density at radius 1 is 1.03 bits per heavy atom. The third kappa shape index (κ3) is 5.86. The Balaban J connectivity index is 0.00000256. The minimum atomic E-state index is 0. The van der Waals surface area contributed by atoms with Crippen molar-refractivity contribution in [3.8, 4) is 17.0 Å². The van der Waals surface area contributed by atoms with E-state index in [0.717, 1.165) is 46.6 Å². The number of hydrogen-bond acceptors (Lipinski definition) is 6. The van der Waals surface area contributed by atoms with Crippen molar-refractivity contribution in [1.82, 2.24) is 25.5 Å². The summed E-state index contributed by atoms with van der Waals surface area (Å²) in [4.78, 5) is 0. The number of hydrogen-bond donors (Lipinski definition) is 1.